The summed E-state index contributed by atoms with van der Waals surface area (Å²) in [5.74, 6) is -0.192. The van der Waals surface area contributed by atoms with Gasteiger partial charge in [0.2, 0.25) is 0 Å². The van der Waals surface area contributed by atoms with Crippen LogP contribution in [0.5, 0.6) is 0 Å². The number of nitrogens with two attached hydrogens (primary N) is 1. The zero-order valence-corrected chi connectivity index (χ0v) is 24.8. The Morgan fingerprint density at radius 1 is 0.976 bits per heavy atom. The van der Waals surface area contributed by atoms with Crippen LogP contribution in [-0.2, 0) is 18.9 Å². The van der Waals surface area contributed by atoms with Crippen molar-refractivity contribution in [2.75, 3.05) is 76.1 Å². The zero-order chi connectivity index (χ0) is 28.9. The fourth-order valence-corrected chi connectivity index (χ4v) is 5.52. The summed E-state index contributed by atoms with van der Waals surface area (Å²) in [4.78, 5) is 23.6. The Bertz CT molecular complexity index is 1190. The second-order valence-corrected chi connectivity index (χ2v) is 10.7. The zero-order valence-electron chi connectivity index (χ0n) is 24.0. The van der Waals surface area contributed by atoms with E-state index in [4.69, 9.17) is 29.7 Å². The van der Waals surface area contributed by atoms with E-state index in [1.54, 1.807) is 24.5 Å². The Hall–Kier alpha value is -2.93. The number of pyridine rings is 1. The Labute approximate surface area is 246 Å². The second-order valence-electron chi connectivity index (χ2n) is 9.87. The van der Waals surface area contributed by atoms with E-state index >= 15 is 0 Å². The molecule has 0 atom stereocenters. The monoisotopic (exact) mass is 583 g/mol. The number of amides is 1. The lowest BCUT2D eigenvalue weighted by molar-refractivity contribution is -0.0234. The molecule has 0 spiro atoms. The molecule has 1 aliphatic rings. The molecular weight excluding hydrogens is 542 g/mol. The number of ether oxygens (including phenoxy) is 4. The summed E-state index contributed by atoms with van der Waals surface area (Å²) in [6, 6.07) is 7.84. The van der Waals surface area contributed by atoms with Crippen molar-refractivity contribution in [3.05, 3.63) is 58.7 Å². The molecule has 1 aliphatic heterocycles. The minimum absolute atomic E-state index is 0.192. The number of benzene rings is 1. The second kappa shape index (κ2) is 16.5. The number of thiazole rings is 1. The molecule has 41 heavy (non-hydrogen) atoms. The van der Waals surface area contributed by atoms with E-state index in [0.717, 1.165) is 37.2 Å². The van der Waals surface area contributed by atoms with Crippen LogP contribution in [0.4, 0.5) is 10.8 Å². The number of anilines is 2. The largest absolute Gasteiger partial charge is 0.378 e. The van der Waals surface area contributed by atoms with E-state index in [2.05, 4.69) is 41.2 Å². The number of aromatic nitrogens is 2. The first-order valence-corrected chi connectivity index (χ1v) is 15.0. The molecule has 4 rings (SSSR count). The molecule has 0 bridgehead atoms. The van der Waals surface area contributed by atoms with Crippen molar-refractivity contribution in [1.29, 1.82) is 0 Å². The van der Waals surface area contributed by atoms with Crippen LogP contribution in [0.25, 0.3) is 11.3 Å². The topological polar surface area (TPSA) is 121 Å². The van der Waals surface area contributed by atoms with Crippen molar-refractivity contribution in [3.63, 3.8) is 0 Å². The molecule has 1 saturated heterocycles. The molecule has 3 heterocycles. The molecule has 3 aromatic rings. The van der Waals surface area contributed by atoms with Gasteiger partial charge in [0.1, 0.15) is 0 Å². The molecule has 222 valence electrons. The highest BCUT2D eigenvalue weighted by atomic mass is 32.1. The smallest absolute Gasteiger partial charge is 0.257 e. The number of nitrogens with zero attached hydrogens (tertiary/aromatic N) is 3. The summed E-state index contributed by atoms with van der Waals surface area (Å²) < 4.78 is 22.4. The van der Waals surface area contributed by atoms with Gasteiger partial charge in [-0.3, -0.25) is 15.1 Å². The van der Waals surface area contributed by atoms with Crippen molar-refractivity contribution in [2.45, 2.75) is 32.8 Å². The molecule has 0 radical (unpaired) electrons. The molecule has 2 aromatic heterocycles. The fraction of sp³-hybridized carbons (Fsp3) is 0.500. The average Bonchev–Trinajstić information content (AvgIpc) is 3.44. The van der Waals surface area contributed by atoms with Crippen molar-refractivity contribution in [1.82, 2.24) is 9.97 Å². The van der Waals surface area contributed by atoms with E-state index in [1.165, 1.54) is 28.2 Å². The van der Waals surface area contributed by atoms with Gasteiger partial charge in [-0.25, -0.2) is 4.98 Å². The fourth-order valence-electron chi connectivity index (χ4n) is 4.83. The molecular formula is C30H41N5O5S. The predicted molar refractivity (Wildman–Crippen MR) is 162 cm³/mol. The van der Waals surface area contributed by atoms with Crippen LogP contribution < -0.4 is 16.0 Å². The van der Waals surface area contributed by atoms with Gasteiger partial charge in [-0.15, -0.1) is 11.3 Å². The van der Waals surface area contributed by atoms with Crippen LogP contribution in [0.15, 0.2) is 42.0 Å². The van der Waals surface area contributed by atoms with E-state index < -0.39 is 0 Å². The molecule has 0 unspecified atom stereocenters. The van der Waals surface area contributed by atoms with Crippen LogP contribution in [0.1, 0.15) is 34.3 Å². The van der Waals surface area contributed by atoms with Gasteiger partial charge in [0.05, 0.1) is 58.0 Å². The van der Waals surface area contributed by atoms with Crippen LogP contribution in [0.3, 0.4) is 0 Å². The number of carbonyl (C=O) groups excluding carboxylic acids is 1. The maximum atomic E-state index is 12.5. The molecule has 3 N–H and O–H groups in total. The van der Waals surface area contributed by atoms with Gasteiger partial charge in [-0.05, 0) is 62.1 Å². The third kappa shape index (κ3) is 9.56. The summed E-state index contributed by atoms with van der Waals surface area (Å²) in [5, 5.41) is 5.47. The van der Waals surface area contributed by atoms with Crippen molar-refractivity contribution in [2.24, 2.45) is 5.73 Å². The normalized spacial score (nSPS) is 14.0. The number of hydrogen-bond acceptors (Lipinski definition) is 10. The summed E-state index contributed by atoms with van der Waals surface area (Å²) >= 11 is 1.43. The van der Waals surface area contributed by atoms with Gasteiger partial charge in [-0.2, -0.15) is 0 Å². The molecule has 11 heteroatoms. The number of carbonyl (C=O) groups is 1. The Morgan fingerprint density at radius 2 is 1.59 bits per heavy atom. The first-order valence-electron chi connectivity index (χ1n) is 14.1. The third-order valence-electron chi connectivity index (χ3n) is 6.84. The summed E-state index contributed by atoms with van der Waals surface area (Å²) in [5.41, 5.74) is 11.5. The average molecular weight is 584 g/mol. The first kappa shape index (κ1) is 31.0. The highest BCUT2D eigenvalue weighted by Gasteiger charge is 2.21. The van der Waals surface area contributed by atoms with Crippen molar-refractivity contribution >= 4 is 28.1 Å². The standard InChI is InChI=1S/C30H41N5O5S/c1-22-19-25(35-10-5-26(6-11-35)40-18-17-39-16-15-38-14-13-37-12-7-31)20-23(2)28(22)27-21-41-30(33-27)34-29(36)24-3-8-32-9-4-24/h3-4,8-9,19-21,26H,5-7,10-18,31H2,1-2H3,(H,33,34,36). The maximum Gasteiger partial charge on any atom is 0.257 e. The van der Waals surface area contributed by atoms with Crippen LogP contribution >= 0.6 is 11.3 Å². The summed E-state index contributed by atoms with van der Waals surface area (Å²) in [6.45, 7) is 10.6. The van der Waals surface area contributed by atoms with Gasteiger partial charge in [0.25, 0.3) is 5.91 Å². The highest BCUT2D eigenvalue weighted by Crippen LogP contribution is 2.34. The molecule has 0 saturated carbocycles. The van der Waals surface area contributed by atoms with E-state index in [9.17, 15) is 4.79 Å². The highest BCUT2D eigenvalue weighted by molar-refractivity contribution is 7.14. The summed E-state index contributed by atoms with van der Waals surface area (Å²) in [7, 11) is 0. The number of nitrogens with one attached hydrogen (secondary N) is 1. The van der Waals surface area contributed by atoms with Gasteiger partial charge in [0.15, 0.2) is 5.13 Å². The number of aryl methyl sites for hydroxylation is 2. The number of hydrogen-bond donors (Lipinski definition) is 2. The minimum atomic E-state index is -0.192. The molecule has 1 amide bonds. The Morgan fingerprint density at radius 3 is 2.22 bits per heavy atom. The van der Waals surface area contributed by atoms with Gasteiger partial charge in [0, 0.05) is 54.2 Å². The van der Waals surface area contributed by atoms with E-state index in [-0.39, 0.29) is 12.0 Å². The SMILES string of the molecule is Cc1cc(N2CCC(OCCOCCOCCOCCN)CC2)cc(C)c1-c1csc(NC(=O)c2ccncc2)n1. The molecule has 1 fully saturated rings. The van der Waals surface area contributed by atoms with Gasteiger partial charge < -0.3 is 29.6 Å². The van der Waals surface area contributed by atoms with Crippen molar-refractivity contribution in [3.8, 4) is 11.3 Å². The third-order valence-corrected chi connectivity index (χ3v) is 7.59. The van der Waals surface area contributed by atoms with Crippen LogP contribution in [0.2, 0.25) is 0 Å². The maximum absolute atomic E-state index is 12.5. The lowest BCUT2D eigenvalue weighted by Gasteiger charge is -2.34. The lowest BCUT2D eigenvalue weighted by Crippen LogP contribution is -2.37. The predicted octanol–water partition coefficient (Wildman–Crippen LogP) is 4.07. The number of piperidine rings is 1. The lowest BCUT2D eigenvalue weighted by atomic mass is 9.98. The van der Waals surface area contributed by atoms with Gasteiger partial charge >= 0.3 is 0 Å². The van der Waals surface area contributed by atoms with Gasteiger partial charge in [-0.1, -0.05) is 0 Å². The molecule has 10 nitrogen and oxygen atoms in total. The molecule has 0 aliphatic carbocycles. The van der Waals surface area contributed by atoms with E-state index in [1.807, 2.05) is 5.38 Å². The van der Waals surface area contributed by atoms with Crippen LogP contribution in [-0.4, -0.2) is 87.9 Å². The Balaban J connectivity index is 1.18. The van der Waals surface area contributed by atoms with E-state index in [0.29, 0.717) is 63.5 Å². The van der Waals surface area contributed by atoms with Crippen molar-refractivity contribution < 1.29 is 23.7 Å². The molecule has 1 aromatic carbocycles. The minimum Gasteiger partial charge on any atom is -0.378 e. The quantitative estimate of drug-likeness (QED) is 0.240. The summed E-state index contributed by atoms with van der Waals surface area (Å²) in [6.07, 6.45) is 5.43. The Kier molecular flexibility index (Phi) is 12.5. The van der Waals surface area contributed by atoms with Crippen LogP contribution in [0, 0.1) is 13.8 Å². The first-order chi connectivity index (χ1) is 20.0. The number of rotatable bonds is 16.